The van der Waals surface area contributed by atoms with Crippen LogP contribution in [0.4, 0.5) is 5.69 Å². The summed E-state index contributed by atoms with van der Waals surface area (Å²) >= 11 is 13.5. The molecule has 2 aromatic carbocycles. The number of benzene rings is 2. The molecule has 0 atom stereocenters. The molecule has 3 aromatic rings. The van der Waals surface area contributed by atoms with Gasteiger partial charge in [0, 0.05) is 16.3 Å². The number of anilines is 1. The normalized spacial score (nSPS) is 11.4. The largest absolute Gasteiger partial charge is 0.335 e. The van der Waals surface area contributed by atoms with Gasteiger partial charge in [-0.05, 0) is 41.2 Å². The monoisotopic (exact) mass is 477 g/mol. The predicted molar refractivity (Wildman–Crippen MR) is 130 cm³/mol. The first kappa shape index (κ1) is 23.4. The van der Waals surface area contributed by atoms with Gasteiger partial charge in [0.1, 0.15) is 0 Å². The summed E-state index contributed by atoms with van der Waals surface area (Å²) in [6.45, 7) is 8.46. The fourth-order valence-corrected chi connectivity index (χ4v) is 4.26. The van der Waals surface area contributed by atoms with Gasteiger partial charge in [-0.1, -0.05) is 80.9 Å². The molecule has 3 rings (SSSR count). The lowest BCUT2D eigenvalue weighted by Crippen LogP contribution is -2.19. The van der Waals surface area contributed by atoms with Crippen molar-refractivity contribution in [3.05, 3.63) is 57.6 Å². The van der Waals surface area contributed by atoms with E-state index in [1.807, 2.05) is 6.07 Å². The summed E-state index contributed by atoms with van der Waals surface area (Å²) in [5.41, 5.74) is 3.69. The third kappa shape index (κ3) is 5.34. The van der Waals surface area contributed by atoms with Gasteiger partial charge in [-0.25, -0.2) is 4.68 Å². The van der Waals surface area contributed by atoms with Crippen LogP contribution in [0.1, 0.15) is 50.7 Å². The lowest BCUT2D eigenvalue weighted by atomic mass is 9.92. The van der Waals surface area contributed by atoms with Gasteiger partial charge in [-0.2, -0.15) is 0 Å². The smallest absolute Gasteiger partial charge is 0.234 e. The minimum atomic E-state index is -0.134. The van der Waals surface area contributed by atoms with E-state index >= 15 is 0 Å². The Labute approximate surface area is 196 Å². The van der Waals surface area contributed by atoms with E-state index < -0.39 is 0 Å². The third-order valence-corrected chi connectivity index (χ3v) is 6.31. The second-order valence-electron chi connectivity index (χ2n) is 7.76. The van der Waals surface area contributed by atoms with Crippen molar-refractivity contribution in [1.29, 1.82) is 0 Å². The number of nitrogens with zero attached hydrogens (tertiary/aromatic N) is 3. The molecule has 0 spiro atoms. The molecule has 6 nitrogen and oxygen atoms in total. The first-order valence-electron chi connectivity index (χ1n) is 9.90. The number of aromatic nitrogens is 3. The van der Waals surface area contributed by atoms with Gasteiger partial charge in [0.05, 0.1) is 10.8 Å². The van der Waals surface area contributed by atoms with Gasteiger partial charge in [-0.15, -0.1) is 10.2 Å². The van der Waals surface area contributed by atoms with Crippen molar-refractivity contribution in [3.63, 3.8) is 0 Å². The van der Waals surface area contributed by atoms with Gasteiger partial charge >= 0.3 is 0 Å². The number of nitrogens with two attached hydrogens (primary N) is 1. The maximum atomic E-state index is 12.8. The number of nitrogens with one attached hydrogen (secondary N) is 1. The molecule has 0 aliphatic heterocycles. The average Bonchev–Trinajstić information content (AvgIpc) is 3.08. The van der Waals surface area contributed by atoms with E-state index in [1.165, 1.54) is 16.4 Å². The van der Waals surface area contributed by atoms with Crippen LogP contribution in [0.3, 0.4) is 0 Å². The lowest BCUT2D eigenvalue weighted by molar-refractivity contribution is -0.113. The van der Waals surface area contributed by atoms with E-state index in [0.717, 1.165) is 16.8 Å². The van der Waals surface area contributed by atoms with Crippen LogP contribution in [0.5, 0.6) is 0 Å². The van der Waals surface area contributed by atoms with Gasteiger partial charge in [-0.3, -0.25) is 4.79 Å². The Morgan fingerprint density at radius 2 is 1.74 bits per heavy atom. The number of thioether (sulfide) groups is 1. The van der Waals surface area contributed by atoms with Crippen molar-refractivity contribution in [2.24, 2.45) is 0 Å². The van der Waals surface area contributed by atoms with E-state index in [4.69, 9.17) is 29.0 Å². The molecule has 3 N–H and O–H groups in total. The number of hydrogen-bond acceptors (Lipinski definition) is 5. The van der Waals surface area contributed by atoms with Crippen molar-refractivity contribution in [3.8, 4) is 11.4 Å². The van der Waals surface area contributed by atoms with Crippen molar-refractivity contribution >= 4 is 46.6 Å². The van der Waals surface area contributed by atoms with Crippen LogP contribution < -0.4 is 11.2 Å². The standard InChI is InChI=1S/C22H25Cl2N5OS/c1-12(2)15-6-5-7-16(13(3)4)20(15)26-19(30)11-31-22-28-27-21(29(22)25)17-10-14(23)8-9-18(17)24/h5-10,12-13H,11,25H2,1-4H3,(H,26,30). The maximum Gasteiger partial charge on any atom is 0.234 e. The topological polar surface area (TPSA) is 85.8 Å². The fraction of sp³-hybridized carbons (Fsp3) is 0.318. The van der Waals surface area contributed by atoms with Crippen LogP contribution in [0.25, 0.3) is 11.4 Å². The van der Waals surface area contributed by atoms with Gasteiger partial charge in [0.25, 0.3) is 0 Å². The number of nitrogen functional groups attached to an aromatic ring is 1. The second-order valence-corrected chi connectivity index (χ2v) is 9.54. The molecular formula is C22H25Cl2N5OS. The van der Waals surface area contributed by atoms with E-state index in [1.54, 1.807) is 18.2 Å². The lowest BCUT2D eigenvalue weighted by Gasteiger charge is -2.20. The minimum Gasteiger partial charge on any atom is -0.335 e. The molecule has 164 valence electrons. The number of halogens is 2. The first-order valence-corrected chi connectivity index (χ1v) is 11.6. The van der Waals surface area contributed by atoms with E-state index in [2.05, 4.69) is 55.3 Å². The number of hydrogen-bond donors (Lipinski definition) is 2. The van der Waals surface area contributed by atoms with Crippen LogP contribution in [0.2, 0.25) is 10.0 Å². The predicted octanol–water partition coefficient (Wildman–Crippen LogP) is 5.94. The van der Waals surface area contributed by atoms with Crippen LogP contribution in [0, 0.1) is 0 Å². The highest BCUT2D eigenvalue weighted by Crippen LogP contribution is 2.33. The number of carbonyl (C=O) groups is 1. The van der Waals surface area contributed by atoms with Crippen LogP contribution >= 0.6 is 35.0 Å². The molecule has 0 unspecified atom stereocenters. The average molecular weight is 478 g/mol. The first-order chi connectivity index (χ1) is 14.7. The Balaban J connectivity index is 1.76. The van der Waals surface area contributed by atoms with Crippen LogP contribution in [-0.4, -0.2) is 26.5 Å². The Bertz CT molecular complexity index is 1070. The molecule has 0 bridgehead atoms. The maximum absolute atomic E-state index is 12.8. The Hall–Kier alpha value is -2.22. The molecule has 1 aromatic heterocycles. The number of rotatable bonds is 7. The van der Waals surface area contributed by atoms with E-state index in [0.29, 0.717) is 38.4 Å². The molecule has 0 saturated carbocycles. The van der Waals surface area contributed by atoms with Crippen molar-refractivity contribution in [1.82, 2.24) is 14.9 Å². The molecule has 9 heteroatoms. The highest BCUT2D eigenvalue weighted by molar-refractivity contribution is 7.99. The molecule has 1 amide bonds. The SMILES string of the molecule is CC(C)c1cccc(C(C)C)c1NC(=O)CSc1nnc(-c2cc(Cl)ccc2Cl)n1N. The van der Waals surface area contributed by atoms with Gasteiger partial charge in [0.2, 0.25) is 11.1 Å². The van der Waals surface area contributed by atoms with E-state index in [9.17, 15) is 4.79 Å². The summed E-state index contributed by atoms with van der Waals surface area (Å²) < 4.78 is 1.32. The van der Waals surface area contributed by atoms with Crippen molar-refractivity contribution in [2.75, 3.05) is 16.9 Å². The highest BCUT2D eigenvalue weighted by Gasteiger charge is 2.19. The molecule has 1 heterocycles. The number of carbonyl (C=O) groups excluding carboxylic acids is 1. The molecular weight excluding hydrogens is 453 g/mol. The van der Waals surface area contributed by atoms with Crippen molar-refractivity contribution in [2.45, 2.75) is 44.7 Å². The van der Waals surface area contributed by atoms with Crippen LogP contribution in [0.15, 0.2) is 41.6 Å². The Kier molecular flexibility index (Phi) is 7.51. The van der Waals surface area contributed by atoms with E-state index in [-0.39, 0.29) is 11.7 Å². The molecule has 0 saturated heterocycles. The van der Waals surface area contributed by atoms with Crippen LogP contribution in [-0.2, 0) is 4.79 Å². The Morgan fingerprint density at radius 3 is 2.35 bits per heavy atom. The molecule has 31 heavy (non-hydrogen) atoms. The summed E-state index contributed by atoms with van der Waals surface area (Å²) in [5, 5.41) is 12.7. The third-order valence-electron chi connectivity index (χ3n) is 4.80. The molecule has 0 radical (unpaired) electrons. The zero-order valence-corrected chi connectivity index (χ0v) is 20.1. The van der Waals surface area contributed by atoms with Gasteiger partial charge < -0.3 is 11.2 Å². The van der Waals surface area contributed by atoms with Crippen molar-refractivity contribution < 1.29 is 4.79 Å². The summed E-state index contributed by atoms with van der Waals surface area (Å²) in [6.07, 6.45) is 0. The summed E-state index contributed by atoms with van der Waals surface area (Å²) in [6, 6.07) is 11.2. The van der Waals surface area contributed by atoms with Gasteiger partial charge in [0.15, 0.2) is 5.82 Å². The molecule has 0 fully saturated rings. The Morgan fingerprint density at radius 1 is 1.10 bits per heavy atom. The summed E-state index contributed by atoms with van der Waals surface area (Å²) in [4.78, 5) is 12.8. The summed E-state index contributed by atoms with van der Waals surface area (Å²) in [5.74, 6) is 7.12. The minimum absolute atomic E-state index is 0.134. The highest BCUT2D eigenvalue weighted by atomic mass is 35.5. The second kappa shape index (κ2) is 9.94. The summed E-state index contributed by atoms with van der Waals surface area (Å²) in [7, 11) is 0. The number of amides is 1. The fourth-order valence-electron chi connectivity index (χ4n) is 3.23. The molecule has 0 aliphatic rings. The molecule has 0 aliphatic carbocycles. The zero-order chi connectivity index (χ0) is 22.7. The number of para-hydroxylation sites is 1. The zero-order valence-electron chi connectivity index (χ0n) is 17.8. The quantitative estimate of drug-likeness (QED) is 0.324.